The van der Waals surface area contributed by atoms with Crippen LogP contribution in [0.1, 0.15) is 36.7 Å². The SMILES string of the molecule is CC1CCN(CCCNC(=O)c2cc3cc(Cl)ccc3o2)CC1. The fraction of sp³-hybridized carbons (Fsp3) is 0.500. The summed E-state index contributed by atoms with van der Waals surface area (Å²) in [5, 5.41) is 4.42. The summed E-state index contributed by atoms with van der Waals surface area (Å²) in [5.74, 6) is 1.03. The molecule has 0 saturated carbocycles. The lowest BCUT2D eigenvalue weighted by molar-refractivity contribution is 0.0925. The maximum Gasteiger partial charge on any atom is 0.287 e. The van der Waals surface area contributed by atoms with E-state index in [1.807, 2.05) is 0 Å². The highest BCUT2D eigenvalue weighted by Gasteiger charge is 2.15. The van der Waals surface area contributed by atoms with Gasteiger partial charge in [0.2, 0.25) is 0 Å². The van der Waals surface area contributed by atoms with Crippen molar-refractivity contribution in [2.75, 3.05) is 26.2 Å². The van der Waals surface area contributed by atoms with Gasteiger partial charge in [0.15, 0.2) is 5.76 Å². The first kappa shape index (κ1) is 16.3. The molecule has 0 radical (unpaired) electrons. The van der Waals surface area contributed by atoms with Crippen LogP contribution in [0.25, 0.3) is 11.0 Å². The number of hydrogen-bond donors (Lipinski definition) is 1. The summed E-state index contributed by atoms with van der Waals surface area (Å²) in [5.41, 5.74) is 0.682. The predicted octanol–water partition coefficient (Wildman–Crippen LogP) is 3.94. The van der Waals surface area contributed by atoms with E-state index in [4.69, 9.17) is 16.0 Å². The normalized spacial score (nSPS) is 16.8. The van der Waals surface area contributed by atoms with Crippen LogP contribution in [-0.4, -0.2) is 37.0 Å². The first-order chi connectivity index (χ1) is 11.1. The maximum absolute atomic E-state index is 12.1. The molecule has 0 aliphatic carbocycles. The average molecular weight is 335 g/mol. The number of amides is 1. The van der Waals surface area contributed by atoms with Gasteiger partial charge in [-0.15, -0.1) is 0 Å². The molecule has 1 aliphatic heterocycles. The van der Waals surface area contributed by atoms with Gasteiger partial charge in [-0.1, -0.05) is 18.5 Å². The largest absolute Gasteiger partial charge is 0.451 e. The zero-order chi connectivity index (χ0) is 16.2. The summed E-state index contributed by atoms with van der Waals surface area (Å²) in [4.78, 5) is 14.6. The first-order valence-corrected chi connectivity index (χ1v) is 8.69. The van der Waals surface area contributed by atoms with Crippen LogP contribution in [0.15, 0.2) is 28.7 Å². The Balaban J connectivity index is 1.45. The van der Waals surface area contributed by atoms with Crippen LogP contribution in [0.4, 0.5) is 0 Å². The third-order valence-corrected chi connectivity index (χ3v) is 4.75. The van der Waals surface area contributed by atoms with Gasteiger partial charge >= 0.3 is 0 Å². The lowest BCUT2D eigenvalue weighted by Gasteiger charge is -2.30. The second kappa shape index (κ2) is 7.37. The zero-order valence-corrected chi connectivity index (χ0v) is 14.2. The molecule has 1 aromatic heterocycles. The number of piperidine rings is 1. The molecule has 1 aromatic carbocycles. The van der Waals surface area contributed by atoms with Crippen LogP contribution < -0.4 is 5.32 Å². The number of rotatable bonds is 5. The molecular formula is C18H23ClN2O2. The van der Waals surface area contributed by atoms with E-state index in [1.54, 1.807) is 24.3 Å². The molecule has 1 amide bonds. The molecule has 124 valence electrons. The molecule has 23 heavy (non-hydrogen) atoms. The Morgan fingerprint density at radius 2 is 2.13 bits per heavy atom. The molecule has 1 saturated heterocycles. The maximum atomic E-state index is 12.1. The van der Waals surface area contributed by atoms with E-state index in [0.29, 0.717) is 22.9 Å². The molecule has 0 bridgehead atoms. The number of fused-ring (bicyclic) bond motifs is 1. The monoisotopic (exact) mass is 334 g/mol. The molecule has 3 rings (SSSR count). The highest BCUT2D eigenvalue weighted by atomic mass is 35.5. The summed E-state index contributed by atoms with van der Waals surface area (Å²) in [7, 11) is 0. The molecule has 2 aromatic rings. The Labute approximate surface area is 141 Å². The highest BCUT2D eigenvalue weighted by Crippen LogP contribution is 2.23. The number of nitrogens with zero attached hydrogens (tertiary/aromatic N) is 1. The summed E-state index contributed by atoms with van der Waals surface area (Å²) >= 11 is 5.95. The molecule has 1 fully saturated rings. The third-order valence-electron chi connectivity index (χ3n) is 4.52. The second-order valence-electron chi connectivity index (χ2n) is 6.43. The van der Waals surface area contributed by atoms with Gasteiger partial charge in [-0.25, -0.2) is 0 Å². The van der Waals surface area contributed by atoms with Crippen molar-refractivity contribution in [2.45, 2.75) is 26.2 Å². The van der Waals surface area contributed by atoms with Crippen LogP contribution >= 0.6 is 11.6 Å². The van der Waals surface area contributed by atoms with E-state index in [0.717, 1.165) is 24.3 Å². The molecule has 0 atom stereocenters. The van der Waals surface area contributed by atoms with Crippen molar-refractivity contribution in [2.24, 2.45) is 5.92 Å². The van der Waals surface area contributed by atoms with Gasteiger partial charge in [0.25, 0.3) is 5.91 Å². The minimum atomic E-state index is -0.162. The van der Waals surface area contributed by atoms with Gasteiger partial charge in [-0.3, -0.25) is 4.79 Å². The standard InChI is InChI=1S/C18H23ClN2O2/c1-13-5-9-21(10-6-13)8-2-7-20-18(22)17-12-14-11-15(19)3-4-16(14)23-17/h3-4,11-13H,2,5-10H2,1H3,(H,20,22). The van der Waals surface area contributed by atoms with Crippen LogP contribution in [0.5, 0.6) is 0 Å². The molecule has 4 nitrogen and oxygen atoms in total. The molecule has 1 N–H and O–H groups in total. The lowest BCUT2D eigenvalue weighted by atomic mass is 9.99. The van der Waals surface area contributed by atoms with E-state index in [2.05, 4.69) is 17.1 Å². The van der Waals surface area contributed by atoms with Gasteiger partial charge in [0.1, 0.15) is 5.58 Å². The summed E-state index contributed by atoms with van der Waals surface area (Å²) in [6.07, 6.45) is 3.54. The van der Waals surface area contributed by atoms with Crippen LogP contribution in [0.3, 0.4) is 0 Å². The Morgan fingerprint density at radius 3 is 2.91 bits per heavy atom. The molecule has 2 heterocycles. The van der Waals surface area contributed by atoms with Crippen molar-refractivity contribution in [1.82, 2.24) is 10.2 Å². The van der Waals surface area contributed by atoms with Gasteiger partial charge in [-0.2, -0.15) is 0 Å². The number of hydrogen-bond acceptors (Lipinski definition) is 3. The Morgan fingerprint density at radius 1 is 1.35 bits per heavy atom. The van der Waals surface area contributed by atoms with Crippen LogP contribution in [0, 0.1) is 5.92 Å². The minimum Gasteiger partial charge on any atom is -0.451 e. The van der Waals surface area contributed by atoms with Crippen molar-refractivity contribution in [1.29, 1.82) is 0 Å². The van der Waals surface area contributed by atoms with Crippen LogP contribution in [0.2, 0.25) is 5.02 Å². The Hall–Kier alpha value is -1.52. The van der Waals surface area contributed by atoms with Crippen LogP contribution in [-0.2, 0) is 0 Å². The number of halogens is 1. The van der Waals surface area contributed by atoms with Crippen molar-refractivity contribution in [3.05, 3.63) is 35.0 Å². The average Bonchev–Trinajstić information content (AvgIpc) is 2.96. The highest BCUT2D eigenvalue weighted by molar-refractivity contribution is 6.31. The number of likely N-dealkylation sites (tertiary alicyclic amines) is 1. The van der Waals surface area contributed by atoms with Gasteiger partial charge in [-0.05, 0) is 69.1 Å². The van der Waals surface area contributed by atoms with Gasteiger partial charge in [0.05, 0.1) is 0 Å². The summed E-state index contributed by atoms with van der Waals surface area (Å²) in [6, 6.07) is 7.08. The van der Waals surface area contributed by atoms with Gasteiger partial charge < -0.3 is 14.6 Å². The van der Waals surface area contributed by atoms with Crippen molar-refractivity contribution in [3.8, 4) is 0 Å². The molecule has 5 heteroatoms. The molecule has 0 unspecified atom stereocenters. The number of benzene rings is 1. The number of carbonyl (C=O) groups is 1. The summed E-state index contributed by atoms with van der Waals surface area (Å²) in [6.45, 7) is 6.39. The third kappa shape index (κ3) is 4.27. The van der Waals surface area contributed by atoms with E-state index in [9.17, 15) is 4.79 Å². The predicted molar refractivity (Wildman–Crippen MR) is 93.0 cm³/mol. The first-order valence-electron chi connectivity index (χ1n) is 8.31. The van der Waals surface area contributed by atoms with Crippen molar-refractivity contribution in [3.63, 3.8) is 0 Å². The smallest absolute Gasteiger partial charge is 0.287 e. The molecule has 1 aliphatic rings. The van der Waals surface area contributed by atoms with Gasteiger partial charge in [0, 0.05) is 17.0 Å². The Kier molecular flexibility index (Phi) is 5.23. The topological polar surface area (TPSA) is 45.5 Å². The van der Waals surface area contributed by atoms with E-state index >= 15 is 0 Å². The van der Waals surface area contributed by atoms with E-state index in [1.165, 1.54) is 25.9 Å². The Bertz CT molecular complexity index is 675. The number of nitrogens with one attached hydrogen (secondary N) is 1. The lowest BCUT2D eigenvalue weighted by Crippen LogP contribution is -2.35. The molecule has 0 spiro atoms. The van der Waals surface area contributed by atoms with E-state index < -0.39 is 0 Å². The quantitative estimate of drug-likeness (QED) is 0.842. The number of furan rings is 1. The summed E-state index contributed by atoms with van der Waals surface area (Å²) < 4.78 is 5.56. The van der Waals surface area contributed by atoms with E-state index in [-0.39, 0.29) is 5.91 Å². The fourth-order valence-corrected chi connectivity index (χ4v) is 3.18. The minimum absolute atomic E-state index is 0.162. The van der Waals surface area contributed by atoms with Crippen molar-refractivity contribution >= 4 is 28.5 Å². The number of carbonyl (C=O) groups excluding carboxylic acids is 1. The fourth-order valence-electron chi connectivity index (χ4n) is 3.00. The zero-order valence-electron chi connectivity index (χ0n) is 13.5. The second-order valence-corrected chi connectivity index (χ2v) is 6.86. The molecular weight excluding hydrogens is 312 g/mol. The van der Waals surface area contributed by atoms with Crippen molar-refractivity contribution < 1.29 is 9.21 Å².